The molecule has 0 spiro atoms. The molecule has 7 nitrogen and oxygen atoms in total. The van der Waals surface area contributed by atoms with Gasteiger partial charge in [0, 0.05) is 30.9 Å². The number of esters is 1. The van der Waals surface area contributed by atoms with E-state index in [1.807, 2.05) is 34.6 Å². The maximum Gasteiger partial charge on any atom is 0.323 e. The van der Waals surface area contributed by atoms with Crippen LogP contribution in [0.3, 0.4) is 0 Å². The van der Waals surface area contributed by atoms with Gasteiger partial charge in [0.1, 0.15) is 11.4 Å². The van der Waals surface area contributed by atoms with Gasteiger partial charge in [-0.05, 0) is 32.1 Å². The van der Waals surface area contributed by atoms with Gasteiger partial charge in [-0.3, -0.25) is 14.4 Å². The Hall–Kier alpha value is -2.31. The van der Waals surface area contributed by atoms with Gasteiger partial charge in [-0.25, -0.2) is 0 Å². The monoisotopic (exact) mass is 394 g/mol. The minimum atomic E-state index is -1.40. The minimum Gasteiger partial charge on any atom is -0.506 e. The molecule has 0 aliphatic carbocycles. The van der Waals surface area contributed by atoms with Crippen molar-refractivity contribution in [1.29, 1.82) is 0 Å². The zero-order chi connectivity index (χ0) is 21.6. The topological polar surface area (TPSA) is 99.7 Å². The van der Waals surface area contributed by atoms with E-state index in [1.54, 1.807) is 18.7 Å². The van der Waals surface area contributed by atoms with Crippen molar-refractivity contribution < 1.29 is 19.4 Å². The molecule has 0 aromatic carbocycles. The highest BCUT2D eigenvalue weighted by molar-refractivity contribution is 6.04. The number of H-pyrrole nitrogens is 1. The van der Waals surface area contributed by atoms with E-state index in [0.717, 1.165) is 12.3 Å². The fourth-order valence-electron chi connectivity index (χ4n) is 2.79. The summed E-state index contributed by atoms with van der Waals surface area (Å²) in [6.07, 6.45) is 1.65. The third-order valence-electron chi connectivity index (χ3n) is 4.44. The Labute approximate surface area is 167 Å². The molecule has 158 valence electrons. The number of ether oxygens (including phenoxy) is 1. The first-order valence-corrected chi connectivity index (χ1v) is 9.81. The molecule has 1 heterocycles. The van der Waals surface area contributed by atoms with Gasteiger partial charge in [0.2, 0.25) is 11.5 Å². The summed E-state index contributed by atoms with van der Waals surface area (Å²) in [7, 11) is 0. The highest BCUT2D eigenvalue weighted by Gasteiger charge is 2.38. The second kappa shape index (κ2) is 9.75. The summed E-state index contributed by atoms with van der Waals surface area (Å²) in [6.45, 7) is 14.2. The summed E-state index contributed by atoms with van der Waals surface area (Å²) >= 11 is 0. The van der Waals surface area contributed by atoms with Gasteiger partial charge in [-0.2, -0.15) is 0 Å². The average Bonchev–Trinajstić information content (AvgIpc) is 2.56. The Kier molecular flexibility index (Phi) is 8.27. The molecular weight excluding hydrogens is 360 g/mol. The number of nitrogens with zero attached hydrogens (tertiary/aromatic N) is 1. The Morgan fingerprint density at radius 1 is 1.18 bits per heavy atom. The molecule has 1 unspecified atom stereocenters. The number of nitrogens with one attached hydrogen (secondary N) is 1. The molecule has 0 aliphatic heterocycles. The number of aromatic hydroxyl groups is 1. The fourth-order valence-corrected chi connectivity index (χ4v) is 2.79. The number of rotatable bonds is 9. The van der Waals surface area contributed by atoms with Crippen LogP contribution in [0.4, 0.5) is 0 Å². The number of amides is 1. The summed E-state index contributed by atoms with van der Waals surface area (Å²) < 4.78 is 5.57. The summed E-state index contributed by atoms with van der Waals surface area (Å²) in [5.74, 6) is -2.57. The smallest absolute Gasteiger partial charge is 0.323 e. The second-order valence-electron chi connectivity index (χ2n) is 8.64. The van der Waals surface area contributed by atoms with Gasteiger partial charge in [0.15, 0.2) is 5.92 Å². The minimum absolute atomic E-state index is 0.0387. The first-order chi connectivity index (χ1) is 12.9. The van der Waals surface area contributed by atoms with Crippen molar-refractivity contribution in [3.63, 3.8) is 0 Å². The van der Waals surface area contributed by atoms with Crippen molar-refractivity contribution in [3.05, 3.63) is 28.2 Å². The predicted molar refractivity (Wildman–Crippen MR) is 108 cm³/mol. The van der Waals surface area contributed by atoms with Crippen LogP contribution in [0.25, 0.3) is 0 Å². The third kappa shape index (κ3) is 6.69. The van der Waals surface area contributed by atoms with Crippen LogP contribution in [0.1, 0.15) is 66.4 Å². The van der Waals surface area contributed by atoms with E-state index in [9.17, 15) is 19.5 Å². The van der Waals surface area contributed by atoms with Crippen LogP contribution in [0.5, 0.6) is 5.75 Å². The predicted octanol–water partition coefficient (Wildman–Crippen LogP) is 3.04. The highest BCUT2D eigenvalue weighted by Crippen LogP contribution is 2.29. The van der Waals surface area contributed by atoms with Gasteiger partial charge in [-0.1, -0.05) is 34.6 Å². The van der Waals surface area contributed by atoms with Gasteiger partial charge in [0.05, 0.1) is 0 Å². The van der Waals surface area contributed by atoms with E-state index in [-0.39, 0.29) is 23.1 Å². The quantitative estimate of drug-likeness (QED) is 0.495. The lowest BCUT2D eigenvalue weighted by molar-refractivity contribution is -0.162. The molecule has 7 heteroatoms. The molecule has 1 aromatic rings. The van der Waals surface area contributed by atoms with E-state index < -0.39 is 29.0 Å². The van der Waals surface area contributed by atoms with E-state index >= 15 is 0 Å². The van der Waals surface area contributed by atoms with E-state index in [4.69, 9.17) is 4.74 Å². The maximum absolute atomic E-state index is 13.4. The molecule has 0 saturated carbocycles. The van der Waals surface area contributed by atoms with Gasteiger partial charge in [0.25, 0.3) is 0 Å². The van der Waals surface area contributed by atoms with Crippen molar-refractivity contribution in [3.8, 4) is 5.75 Å². The van der Waals surface area contributed by atoms with Crippen LogP contribution in [0, 0.1) is 11.8 Å². The first kappa shape index (κ1) is 23.7. The number of hydrogen-bond donors (Lipinski definition) is 2. The SMILES string of the molecule is CCC(C)(C)OC(=O)C(C(=O)N(CC(C)C)CC(C)C)c1cc(=O)[nH]cc1O. The van der Waals surface area contributed by atoms with Crippen molar-refractivity contribution in [2.45, 2.75) is 66.4 Å². The zero-order valence-electron chi connectivity index (χ0n) is 18.0. The molecule has 1 rings (SSSR count). The standard InChI is InChI=1S/C21H34N2O5/c1-8-21(6,7)28-20(27)18(15-9-17(25)22-10-16(15)24)19(26)23(11-13(2)3)12-14(4)5/h9-10,13-14,18,24H,8,11-12H2,1-7H3,(H,22,25). The Morgan fingerprint density at radius 3 is 2.18 bits per heavy atom. The van der Waals surface area contributed by atoms with Gasteiger partial charge < -0.3 is 19.7 Å². The lowest BCUT2D eigenvalue weighted by atomic mass is 9.95. The van der Waals surface area contributed by atoms with E-state index in [1.165, 1.54) is 0 Å². The summed E-state index contributed by atoms with van der Waals surface area (Å²) in [4.78, 5) is 42.2. The van der Waals surface area contributed by atoms with Crippen LogP contribution >= 0.6 is 0 Å². The zero-order valence-corrected chi connectivity index (χ0v) is 18.0. The Morgan fingerprint density at radius 2 is 1.71 bits per heavy atom. The maximum atomic E-state index is 13.4. The molecule has 1 atom stereocenters. The summed E-state index contributed by atoms with van der Waals surface area (Å²) in [5.41, 5.74) is -1.32. The molecule has 0 saturated heterocycles. The Balaban J connectivity index is 3.43. The molecule has 0 aliphatic rings. The van der Waals surface area contributed by atoms with Crippen molar-refractivity contribution >= 4 is 11.9 Å². The third-order valence-corrected chi connectivity index (χ3v) is 4.44. The molecule has 0 fully saturated rings. The number of aromatic nitrogens is 1. The van der Waals surface area contributed by atoms with Crippen molar-refractivity contribution in [1.82, 2.24) is 9.88 Å². The van der Waals surface area contributed by atoms with Crippen LogP contribution in [0.15, 0.2) is 17.1 Å². The molecular formula is C21H34N2O5. The first-order valence-electron chi connectivity index (χ1n) is 9.81. The number of carbonyl (C=O) groups excluding carboxylic acids is 2. The van der Waals surface area contributed by atoms with Crippen LogP contribution in [0.2, 0.25) is 0 Å². The molecule has 1 aromatic heterocycles. The van der Waals surface area contributed by atoms with E-state index in [0.29, 0.717) is 19.5 Å². The number of aromatic amines is 1. The summed E-state index contributed by atoms with van der Waals surface area (Å²) in [5, 5.41) is 10.3. The molecule has 0 bridgehead atoms. The normalized spacial score (nSPS) is 12.9. The Bertz CT molecular complexity index is 727. The molecule has 1 amide bonds. The van der Waals surface area contributed by atoms with Crippen LogP contribution in [-0.2, 0) is 14.3 Å². The molecule has 0 radical (unpaired) electrons. The highest BCUT2D eigenvalue weighted by atomic mass is 16.6. The van der Waals surface area contributed by atoms with Gasteiger partial charge >= 0.3 is 5.97 Å². The van der Waals surface area contributed by atoms with Crippen LogP contribution in [-0.4, -0.2) is 45.6 Å². The average molecular weight is 395 g/mol. The number of carbonyl (C=O) groups is 2. The fraction of sp³-hybridized carbons (Fsp3) is 0.667. The van der Waals surface area contributed by atoms with Gasteiger partial charge in [-0.15, -0.1) is 0 Å². The second-order valence-corrected chi connectivity index (χ2v) is 8.64. The molecule has 2 N–H and O–H groups in total. The lowest BCUT2D eigenvalue weighted by Gasteiger charge is -2.31. The number of pyridine rings is 1. The number of hydrogen-bond acceptors (Lipinski definition) is 5. The van der Waals surface area contributed by atoms with Crippen molar-refractivity contribution in [2.24, 2.45) is 11.8 Å². The van der Waals surface area contributed by atoms with E-state index in [2.05, 4.69) is 4.98 Å². The van der Waals surface area contributed by atoms with Crippen molar-refractivity contribution in [2.75, 3.05) is 13.1 Å². The molecule has 28 heavy (non-hydrogen) atoms. The largest absolute Gasteiger partial charge is 0.506 e. The summed E-state index contributed by atoms with van der Waals surface area (Å²) in [6, 6.07) is 1.08. The van der Waals surface area contributed by atoms with Crippen LogP contribution < -0.4 is 5.56 Å². The lowest BCUT2D eigenvalue weighted by Crippen LogP contribution is -2.44.